The van der Waals surface area contributed by atoms with Gasteiger partial charge in [0.05, 0.1) is 7.11 Å². The van der Waals surface area contributed by atoms with E-state index in [9.17, 15) is 4.79 Å². The number of nitrogens with zero attached hydrogens (tertiary/aromatic N) is 1. The molecule has 19 heavy (non-hydrogen) atoms. The highest BCUT2D eigenvalue weighted by Crippen LogP contribution is 2.21. The quantitative estimate of drug-likeness (QED) is 0.906. The van der Waals surface area contributed by atoms with E-state index < -0.39 is 0 Å². The first kappa shape index (κ1) is 13.7. The molecule has 1 atom stereocenters. The lowest BCUT2D eigenvalue weighted by molar-refractivity contribution is 0.160. The van der Waals surface area contributed by atoms with Crippen LogP contribution in [0.5, 0.6) is 5.75 Å². The van der Waals surface area contributed by atoms with E-state index in [0.717, 1.165) is 37.2 Å². The van der Waals surface area contributed by atoms with Crippen LogP contribution in [0.4, 0.5) is 10.5 Å². The Morgan fingerprint density at radius 3 is 2.74 bits per heavy atom. The summed E-state index contributed by atoms with van der Waals surface area (Å²) in [6, 6.07) is 7.82. The second kappa shape index (κ2) is 6.45. The van der Waals surface area contributed by atoms with Crippen molar-refractivity contribution in [2.45, 2.75) is 38.6 Å². The number of nitrogens with one attached hydrogen (secondary N) is 1. The molecule has 2 amide bonds. The van der Waals surface area contributed by atoms with E-state index in [1.807, 2.05) is 29.2 Å². The van der Waals surface area contributed by atoms with E-state index in [-0.39, 0.29) is 6.03 Å². The Morgan fingerprint density at radius 2 is 2.11 bits per heavy atom. The molecule has 1 N–H and O–H groups in total. The van der Waals surface area contributed by atoms with Gasteiger partial charge in [0.1, 0.15) is 5.75 Å². The molecule has 2 rings (SSSR count). The van der Waals surface area contributed by atoms with Crippen LogP contribution in [-0.2, 0) is 0 Å². The second-order valence-electron chi connectivity index (χ2n) is 4.91. The Morgan fingerprint density at radius 1 is 1.37 bits per heavy atom. The molecule has 1 heterocycles. The molecule has 1 aliphatic heterocycles. The van der Waals surface area contributed by atoms with Crippen molar-refractivity contribution in [3.05, 3.63) is 24.3 Å². The number of likely N-dealkylation sites (tertiary alicyclic amines) is 1. The molecule has 104 valence electrons. The summed E-state index contributed by atoms with van der Waals surface area (Å²) in [7, 11) is 1.63. The van der Waals surface area contributed by atoms with E-state index in [0.29, 0.717) is 6.04 Å². The first-order chi connectivity index (χ1) is 9.24. The monoisotopic (exact) mass is 262 g/mol. The van der Waals surface area contributed by atoms with Gasteiger partial charge < -0.3 is 15.0 Å². The predicted molar refractivity (Wildman–Crippen MR) is 76.6 cm³/mol. The van der Waals surface area contributed by atoms with E-state index in [4.69, 9.17) is 4.74 Å². The number of amides is 2. The number of urea groups is 1. The van der Waals surface area contributed by atoms with Crippen LogP contribution in [0, 0.1) is 0 Å². The minimum absolute atomic E-state index is 0.0108. The minimum Gasteiger partial charge on any atom is -0.497 e. The van der Waals surface area contributed by atoms with Gasteiger partial charge in [-0.2, -0.15) is 0 Å². The van der Waals surface area contributed by atoms with Crippen LogP contribution in [-0.4, -0.2) is 30.6 Å². The van der Waals surface area contributed by atoms with Gasteiger partial charge in [-0.05, 0) is 49.9 Å². The summed E-state index contributed by atoms with van der Waals surface area (Å²) < 4.78 is 5.10. The maximum Gasteiger partial charge on any atom is 0.322 e. The fraction of sp³-hybridized carbons (Fsp3) is 0.533. The first-order valence-corrected chi connectivity index (χ1v) is 6.96. The van der Waals surface area contributed by atoms with Crippen molar-refractivity contribution >= 4 is 11.7 Å². The third-order valence-corrected chi connectivity index (χ3v) is 3.70. The topological polar surface area (TPSA) is 41.6 Å². The largest absolute Gasteiger partial charge is 0.497 e. The summed E-state index contributed by atoms with van der Waals surface area (Å²) in [5.41, 5.74) is 0.811. The zero-order chi connectivity index (χ0) is 13.7. The van der Waals surface area contributed by atoms with Crippen molar-refractivity contribution < 1.29 is 9.53 Å². The number of carbonyl (C=O) groups excluding carboxylic acids is 1. The zero-order valence-electron chi connectivity index (χ0n) is 11.7. The number of methoxy groups -OCH3 is 1. The molecule has 4 nitrogen and oxygen atoms in total. The highest BCUT2D eigenvalue weighted by Gasteiger charge is 2.25. The SMILES string of the molecule is CC[C@@H]1CCCCN1C(=O)Nc1ccc(OC)cc1. The first-order valence-electron chi connectivity index (χ1n) is 6.96. The molecule has 0 spiro atoms. The summed E-state index contributed by atoms with van der Waals surface area (Å²) in [5, 5.41) is 2.96. The Kier molecular flexibility index (Phi) is 4.66. The molecular formula is C15H22N2O2. The third kappa shape index (κ3) is 3.40. The second-order valence-corrected chi connectivity index (χ2v) is 4.91. The summed E-state index contributed by atoms with van der Waals surface area (Å²) >= 11 is 0. The van der Waals surface area contributed by atoms with Crippen LogP contribution in [0.25, 0.3) is 0 Å². The fourth-order valence-electron chi connectivity index (χ4n) is 2.56. The number of benzene rings is 1. The molecule has 0 saturated carbocycles. The number of carbonyl (C=O) groups is 1. The van der Waals surface area contributed by atoms with Crippen LogP contribution >= 0.6 is 0 Å². The van der Waals surface area contributed by atoms with Gasteiger partial charge in [0.25, 0.3) is 0 Å². The number of hydrogen-bond acceptors (Lipinski definition) is 2. The normalized spacial score (nSPS) is 19.1. The summed E-state index contributed by atoms with van der Waals surface area (Å²) in [6.07, 6.45) is 4.47. The van der Waals surface area contributed by atoms with Gasteiger partial charge in [0, 0.05) is 18.3 Å². The molecule has 1 aliphatic rings. The minimum atomic E-state index is 0.0108. The number of piperidine rings is 1. The van der Waals surface area contributed by atoms with Gasteiger partial charge in [-0.1, -0.05) is 6.92 Å². The Hall–Kier alpha value is -1.71. The average molecular weight is 262 g/mol. The third-order valence-electron chi connectivity index (χ3n) is 3.70. The number of ether oxygens (including phenoxy) is 1. The maximum atomic E-state index is 12.3. The lowest BCUT2D eigenvalue weighted by Gasteiger charge is -2.35. The Bertz CT molecular complexity index is 417. The Labute approximate surface area is 114 Å². The molecule has 0 aromatic heterocycles. The van der Waals surface area contributed by atoms with Crippen molar-refractivity contribution in [2.24, 2.45) is 0 Å². The molecule has 1 fully saturated rings. The van der Waals surface area contributed by atoms with Crippen LogP contribution in [0.2, 0.25) is 0 Å². The smallest absolute Gasteiger partial charge is 0.322 e. The van der Waals surface area contributed by atoms with Gasteiger partial charge in [0.2, 0.25) is 0 Å². The maximum absolute atomic E-state index is 12.3. The standard InChI is InChI=1S/C15H22N2O2/c1-3-13-6-4-5-11-17(13)15(18)16-12-7-9-14(19-2)10-8-12/h7-10,13H,3-6,11H2,1-2H3,(H,16,18)/t13-/m1/s1. The van der Waals surface area contributed by atoms with Crippen molar-refractivity contribution in [3.8, 4) is 5.75 Å². The molecule has 0 aliphatic carbocycles. The lowest BCUT2D eigenvalue weighted by Crippen LogP contribution is -2.45. The van der Waals surface area contributed by atoms with E-state index in [1.165, 1.54) is 6.42 Å². The number of rotatable bonds is 3. The van der Waals surface area contributed by atoms with Gasteiger partial charge >= 0.3 is 6.03 Å². The number of anilines is 1. The lowest BCUT2D eigenvalue weighted by atomic mass is 10.0. The highest BCUT2D eigenvalue weighted by molar-refractivity contribution is 5.89. The molecule has 0 bridgehead atoms. The van der Waals surface area contributed by atoms with E-state index in [2.05, 4.69) is 12.2 Å². The van der Waals surface area contributed by atoms with Crippen LogP contribution < -0.4 is 10.1 Å². The molecule has 1 saturated heterocycles. The molecule has 0 radical (unpaired) electrons. The van der Waals surface area contributed by atoms with E-state index in [1.54, 1.807) is 7.11 Å². The summed E-state index contributed by atoms with van der Waals surface area (Å²) in [5.74, 6) is 0.794. The molecule has 1 aromatic rings. The summed E-state index contributed by atoms with van der Waals surface area (Å²) in [4.78, 5) is 14.2. The van der Waals surface area contributed by atoms with Gasteiger partial charge in [-0.25, -0.2) is 4.79 Å². The Balaban J connectivity index is 1.98. The van der Waals surface area contributed by atoms with Crippen molar-refractivity contribution in [1.82, 2.24) is 4.90 Å². The van der Waals surface area contributed by atoms with Gasteiger partial charge in [0.15, 0.2) is 0 Å². The average Bonchev–Trinajstić information content (AvgIpc) is 2.48. The van der Waals surface area contributed by atoms with Gasteiger partial charge in [-0.3, -0.25) is 0 Å². The van der Waals surface area contributed by atoms with Gasteiger partial charge in [-0.15, -0.1) is 0 Å². The zero-order valence-corrected chi connectivity index (χ0v) is 11.7. The molecule has 0 unspecified atom stereocenters. The van der Waals surface area contributed by atoms with Crippen LogP contribution in [0.3, 0.4) is 0 Å². The van der Waals surface area contributed by atoms with Crippen molar-refractivity contribution in [1.29, 1.82) is 0 Å². The number of hydrogen-bond donors (Lipinski definition) is 1. The van der Waals surface area contributed by atoms with Crippen LogP contribution in [0.1, 0.15) is 32.6 Å². The molecule has 4 heteroatoms. The van der Waals surface area contributed by atoms with E-state index >= 15 is 0 Å². The molecule has 1 aromatic carbocycles. The predicted octanol–water partition coefficient (Wildman–Crippen LogP) is 3.49. The van der Waals surface area contributed by atoms with Crippen molar-refractivity contribution in [3.63, 3.8) is 0 Å². The summed E-state index contributed by atoms with van der Waals surface area (Å²) in [6.45, 7) is 3.00. The highest BCUT2D eigenvalue weighted by atomic mass is 16.5. The van der Waals surface area contributed by atoms with Crippen LogP contribution in [0.15, 0.2) is 24.3 Å². The van der Waals surface area contributed by atoms with Crippen molar-refractivity contribution in [2.75, 3.05) is 19.0 Å². The fourth-order valence-corrected chi connectivity index (χ4v) is 2.56. The molecular weight excluding hydrogens is 240 g/mol.